The Morgan fingerprint density at radius 1 is 1.53 bits per heavy atom. The second kappa shape index (κ2) is 5.23. The van der Waals surface area contributed by atoms with E-state index in [0.717, 1.165) is 9.78 Å². The van der Waals surface area contributed by atoms with E-state index < -0.39 is 17.9 Å². The van der Waals surface area contributed by atoms with E-state index in [1.165, 1.54) is 31.4 Å². The summed E-state index contributed by atoms with van der Waals surface area (Å²) in [5.74, 6) is -1.06. The smallest absolute Gasteiger partial charge is 0.326 e. The molecule has 1 atom stereocenters. The molecule has 19 heavy (non-hydrogen) atoms. The van der Waals surface area contributed by atoms with E-state index >= 15 is 0 Å². The van der Waals surface area contributed by atoms with E-state index in [0.29, 0.717) is 5.76 Å². The third kappa shape index (κ3) is 2.65. The Morgan fingerprint density at radius 3 is 2.84 bits per heavy atom. The molecule has 0 aliphatic rings. The van der Waals surface area contributed by atoms with E-state index in [-0.39, 0.29) is 5.69 Å². The van der Waals surface area contributed by atoms with Crippen LogP contribution in [-0.4, -0.2) is 40.1 Å². The molecule has 0 aliphatic carbocycles. The fourth-order valence-electron chi connectivity index (χ4n) is 1.43. The number of thiophene rings is 1. The van der Waals surface area contributed by atoms with Crippen molar-refractivity contribution >= 4 is 23.2 Å². The number of carboxylic acids is 1. The largest absolute Gasteiger partial charge is 0.480 e. The highest BCUT2D eigenvalue weighted by atomic mass is 32.1. The SMILES string of the molecule is CC(C(=O)O)N(C)C(=O)c1cc(-c2cccs2)on1. The van der Waals surface area contributed by atoms with Crippen LogP contribution in [0.3, 0.4) is 0 Å². The van der Waals surface area contributed by atoms with Gasteiger partial charge in [-0.05, 0) is 18.4 Å². The molecule has 0 bridgehead atoms. The van der Waals surface area contributed by atoms with E-state index in [1.54, 1.807) is 0 Å². The van der Waals surface area contributed by atoms with Gasteiger partial charge in [0.15, 0.2) is 11.5 Å². The van der Waals surface area contributed by atoms with Crippen LogP contribution in [0.15, 0.2) is 28.1 Å². The van der Waals surface area contributed by atoms with E-state index in [4.69, 9.17) is 9.63 Å². The second-order valence-electron chi connectivity index (χ2n) is 3.98. The average molecular weight is 280 g/mol. The van der Waals surface area contributed by atoms with Gasteiger partial charge in [0.05, 0.1) is 4.88 Å². The van der Waals surface area contributed by atoms with Crippen molar-refractivity contribution < 1.29 is 19.2 Å². The number of amides is 1. The van der Waals surface area contributed by atoms with Gasteiger partial charge < -0.3 is 14.5 Å². The minimum absolute atomic E-state index is 0.0963. The minimum Gasteiger partial charge on any atom is -0.480 e. The lowest BCUT2D eigenvalue weighted by molar-refractivity contribution is -0.141. The maximum Gasteiger partial charge on any atom is 0.326 e. The Labute approximate surface area is 113 Å². The Morgan fingerprint density at radius 2 is 2.26 bits per heavy atom. The molecule has 1 N–H and O–H groups in total. The van der Waals surface area contributed by atoms with E-state index in [1.807, 2.05) is 17.5 Å². The van der Waals surface area contributed by atoms with Gasteiger partial charge in [-0.3, -0.25) is 4.79 Å². The molecule has 0 saturated heterocycles. The van der Waals surface area contributed by atoms with Crippen LogP contribution in [-0.2, 0) is 4.79 Å². The molecular formula is C12H12N2O4S. The van der Waals surface area contributed by atoms with E-state index in [9.17, 15) is 9.59 Å². The van der Waals surface area contributed by atoms with Gasteiger partial charge in [-0.25, -0.2) is 4.79 Å². The van der Waals surface area contributed by atoms with E-state index in [2.05, 4.69) is 5.16 Å². The molecule has 6 nitrogen and oxygen atoms in total. The number of aromatic nitrogens is 1. The normalized spacial score (nSPS) is 12.1. The first-order chi connectivity index (χ1) is 9.00. The standard InChI is InChI=1S/C12H12N2O4S/c1-7(12(16)17)14(2)11(15)8-6-9(18-13-8)10-4-3-5-19-10/h3-7H,1-2H3,(H,16,17). The molecule has 2 rings (SSSR count). The molecule has 0 radical (unpaired) electrons. The number of carboxylic acid groups (broad SMARTS) is 1. The Bertz CT molecular complexity index is 591. The molecule has 0 aliphatic heterocycles. The molecule has 7 heteroatoms. The highest BCUT2D eigenvalue weighted by Crippen LogP contribution is 2.25. The summed E-state index contributed by atoms with van der Waals surface area (Å²) in [5.41, 5.74) is 0.0963. The zero-order valence-corrected chi connectivity index (χ0v) is 11.2. The van der Waals surface area contributed by atoms with Gasteiger partial charge in [0.1, 0.15) is 6.04 Å². The fraction of sp³-hybridized carbons (Fsp3) is 0.250. The minimum atomic E-state index is -1.07. The van der Waals surface area contributed by atoms with Crippen molar-refractivity contribution in [2.75, 3.05) is 7.05 Å². The molecule has 1 amide bonds. The predicted molar refractivity (Wildman–Crippen MR) is 69.0 cm³/mol. The fourth-order valence-corrected chi connectivity index (χ4v) is 2.11. The third-order valence-corrected chi connectivity index (χ3v) is 3.64. The number of hydrogen-bond donors (Lipinski definition) is 1. The van der Waals surface area contributed by atoms with Gasteiger partial charge in [0, 0.05) is 13.1 Å². The highest BCUT2D eigenvalue weighted by Gasteiger charge is 2.25. The number of nitrogens with zero attached hydrogens (tertiary/aromatic N) is 2. The monoisotopic (exact) mass is 280 g/mol. The summed E-state index contributed by atoms with van der Waals surface area (Å²) in [7, 11) is 1.42. The maximum absolute atomic E-state index is 12.0. The molecular weight excluding hydrogens is 268 g/mol. The van der Waals surface area contributed by atoms with Crippen LogP contribution in [0.1, 0.15) is 17.4 Å². The van der Waals surface area contributed by atoms with Crippen LogP contribution in [0.5, 0.6) is 0 Å². The van der Waals surface area contributed by atoms with Crippen LogP contribution in [0.2, 0.25) is 0 Å². The van der Waals surface area contributed by atoms with Crippen molar-refractivity contribution in [2.45, 2.75) is 13.0 Å². The topological polar surface area (TPSA) is 83.6 Å². The number of likely N-dealkylation sites (N-methyl/N-ethyl adjacent to an activating group) is 1. The number of aliphatic carboxylic acids is 1. The number of carbonyl (C=O) groups is 2. The molecule has 0 fully saturated rings. The molecule has 2 aromatic heterocycles. The molecule has 100 valence electrons. The lowest BCUT2D eigenvalue weighted by Crippen LogP contribution is -2.40. The van der Waals surface area contributed by atoms with Gasteiger partial charge in [0.2, 0.25) is 0 Å². The van der Waals surface area contributed by atoms with Crippen molar-refractivity contribution in [1.82, 2.24) is 10.1 Å². The molecule has 0 saturated carbocycles. The lowest BCUT2D eigenvalue weighted by atomic mass is 10.2. The van der Waals surface area contributed by atoms with Crippen molar-refractivity contribution in [3.8, 4) is 10.6 Å². The maximum atomic E-state index is 12.0. The predicted octanol–water partition coefficient (Wildman–Crippen LogP) is 1.95. The van der Waals surface area contributed by atoms with Gasteiger partial charge in [-0.2, -0.15) is 0 Å². The van der Waals surface area contributed by atoms with Crippen LogP contribution < -0.4 is 0 Å². The van der Waals surface area contributed by atoms with Gasteiger partial charge in [0.25, 0.3) is 5.91 Å². The summed E-state index contributed by atoms with van der Waals surface area (Å²) in [4.78, 5) is 24.8. The van der Waals surface area contributed by atoms with Crippen molar-refractivity contribution in [1.29, 1.82) is 0 Å². The first-order valence-electron chi connectivity index (χ1n) is 5.51. The Balaban J connectivity index is 2.19. The molecule has 0 spiro atoms. The Hall–Kier alpha value is -2.15. The summed E-state index contributed by atoms with van der Waals surface area (Å²) >= 11 is 1.47. The van der Waals surface area contributed by atoms with Gasteiger partial charge in [-0.1, -0.05) is 11.2 Å². The summed E-state index contributed by atoms with van der Waals surface area (Å²) in [6.45, 7) is 1.43. The molecule has 2 aromatic rings. The van der Waals surface area contributed by atoms with Crippen LogP contribution in [0, 0.1) is 0 Å². The first-order valence-corrected chi connectivity index (χ1v) is 6.39. The molecule has 0 aromatic carbocycles. The van der Waals surface area contributed by atoms with Gasteiger partial charge >= 0.3 is 5.97 Å². The summed E-state index contributed by atoms with van der Waals surface area (Å²) in [6.07, 6.45) is 0. The zero-order chi connectivity index (χ0) is 14.0. The van der Waals surface area contributed by atoms with Crippen LogP contribution >= 0.6 is 11.3 Å². The van der Waals surface area contributed by atoms with Crippen molar-refractivity contribution in [2.24, 2.45) is 0 Å². The Kier molecular flexibility index (Phi) is 3.66. The summed E-state index contributed by atoms with van der Waals surface area (Å²) in [6, 6.07) is 4.31. The third-order valence-electron chi connectivity index (χ3n) is 2.75. The van der Waals surface area contributed by atoms with Crippen LogP contribution in [0.4, 0.5) is 0 Å². The zero-order valence-electron chi connectivity index (χ0n) is 10.4. The molecule has 1 unspecified atom stereocenters. The lowest BCUT2D eigenvalue weighted by Gasteiger charge is -2.19. The number of carbonyl (C=O) groups excluding carboxylic acids is 1. The first kappa shape index (κ1) is 13.3. The average Bonchev–Trinajstić information content (AvgIpc) is 3.05. The molecule has 2 heterocycles. The second-order valence-corrected chi connectivity index (χ2v) is 4.93. The van der Waals surface area contributed by atoms with Crippen molar-refractivity contribution in [3.05, 3.63) is 29.3 Å². The number of rotatable bonds is 4. The quantitative estimate of drug-likeness (QED) is 0.925. The van der Waals surface area contributed by atoms with Crippen LogP contribution in [0.25, 0.3) is 10.6 Å². The summed E-state index contributed by atoms with van der Waals surface area (Å²) < 4.78 is 5.09. The van der Waals surface area contributed by atoms with Crippen molar-refractivity contribution in [3.63, 3.8) is 0 Å². The van der Waals surface area contributed by atoms with Gasteiger partial charge in [-0.15, -0.1) is 11.3 Å². The number of hydrogen-bond acceptors (Lipinski definition) is 5. The highest BCUT2D eigenvalue weighted by molar-refractivity contribution is 7.13. The summed E-state index contributed by atoms with van der Waals surface area (Å²) in [5, 5.41) is 14.4.